The maximum atomic E-state index is 4.71. The number of aromatic nitrogens is 4. The zero-order valence-electron chi connectivity index (χ0n) is 12.1. The zero-order chi connectivity index (χ0) is 14.8. The van der Waals surface area contributed by atoms with E-state index in [0.29, 0.717) is 0 Å². The molecule has 1 aliphatic rings. The Morgan fingerprint density at radius 3 is 2.82 bits per heavy atom. The minimum absolute atomic E-state index is 0.756. The molecule has 4 rings (SSSR count). The molecule has 5 nitrogen and oxygen atoms in total. The molecule has 2 aromatic heterocycles. The maximum Gasteiger partial charge on any atom is 0.161 e. The molecular formula is C17H15N5. The number of rotatable bonds is 2. The van der Waals surface area contributed by atoms with Crippen molar-refractivity contribution in [1.82, 2.24) is 19.9 Å². The highest BCUT2D eigenvalue weighted by Gasteiger charge is 2.19. The SMILES string of the molecule is c1ccc(-c2nccc(N3CCc4cncnc4C3)n2)cc1. The first-order chi connectivity index (χ1) is 10.9. The highest BCUT2D eigenvalue weighted by Crippen LogP contribution is 2.23. The van der Waals surface area contributed by atoms with Crippen LogP contribution in [-0.2, 0) is 13.0 Å². The predicted octanol–water partition coefficient (Wildman–Crippen LogP) is 2.50. The quantitative estimate of drug-likeness (QED) is 0.725. The first-order valence-electron chi connectivity index (χ1n) is 7.31. The second kappa shape index (κ2) is 5.52. The van der Waals surface area contributed by atoms with Gasteiger partial charge in [0.15, 0.2) is 5.82 Å². The van der Waals surface area contributed by atoms with Gasteiger partial charge in [-0.3, -0.25) is 0 Å². The van der Waals surface area contributed by atoms with Crippen LogP contribution in [0.3, 0.4) is 0 Å². The molecule has 108 valence electrons. The van der Waals surface area contributed by atoms with Crippen molar-refractivity contribution in [3.05, 3.63) is 66.4 Å². The largest absolute Gasteiger partial charge is 0.350 e. The Bertz CT molecular complexity index is 788. The summed E-state index contributed by atoms with van der Waals surface area (Å²) in [5.74, 6) is 1.70. The minimum atomic E-state index is 0.756. The Kier molecular flexibility index (Phi) is 3.23. The smallest absolute Gasteiger partial charge is 0.161 e. The van der Waals surface area contributed by atoms with Crippen molar-refractivity contribution in [1.29, 1.82) is 0 Å². The van der Waals surface area contributed by atoms with E-state index in [2.05, 4.69) is 19.9 Å². The number of fused-ring (bicyclic) bond motifs is 1. The molecular weight excluding hydrogens is 274 g/mol. The van der Waals surface area contributed by atoms with E-state index in [-0.39, 0.29) is 0 Å². The Morgan fingerprint density at radius 1 is 1.00 bits per heavy atom. The first kappa shape index (κ1) is 12.9. The summed E-state index contributed by atoms with van der Waals surface area (Å²) in [6.07, 6.45) is 6.29. The molecule has 1 aromatic carbocycles. The molecule has 0 spiro atoms. The van der Waals surface area contributed by atoms with E-state index in [1.165, 1.54) is 5.56 Å². The summed E-state index contributed by atoms with van der Waals surface area (Å²) in [6.45, 7) is 1.69. The van der Waals surface area contributed by atoms with Crippen LogP contribution < -0.4 is 4.90 Å². The lowest BCUT2D eigenvalue weighted by atomic mass is 10.1. The van der Waals surface area contributed by atoms with Crippen LogP contribution in [0.4, 0.5) is 5.82 Å². The Balaban J connectivity index is 1.64. The highest BCUT2D eigenvalue weighted by atomic mass is 15.2. The van der Waals surface area contributed by atoms with Gasteiger partial charge in [-0.25, -0.2) is 19.9 Å². The second-order valence-electron chi connectivity index (χ2n) is 5.27. The number of hydrogen-bond acceptors (Lipinski definition) is 5. The van der Waals surface area contributed by atoms with Gasteiger partial charge in [0.25, 0.3) is 0 Å². The Hall–Kier alpha value is -2.82. The van der Waals surface area contributed by atoms with Crippen LogP contribution in [0.2, 0.25) is 0 Å². The lowest BCUT2D eigenvalue weighted by Gasteiger charge is -2.28. The van der Waals surface area contributed by atoms with Crippen LogP contribution in [0.15, 0.2) is 55.1 Å². The molecule has 3 aromatic rings. The van der Waals surface area contributed by atoms with Crippen molar-refractivity contribution >= 4 is 5.82 Å². The summed E-state index contributed by atoms with van der Waals surface area (Å²) in [7, 11) is 0. The first-order valence-corrected chi connectivity index (χ1v) is 7.31. The molecule has 0 saturated heterocycles. The molecule has 0 N–H and O–H groups in total. The van der Waals surface area contributed by atoms with Gasteiger partial charge in [-0.1, -0.05) is 30.3 Å². The van der Waals surface area contributed by atoms with Crippen molar-refractivity contribution < 1.29 is 0 Å². The molecule has 0 saturated carbocycles. The Labute approximate surface area is 128 Å². The molecule has 5 heteroatoms. The molecule has 0 atom stereocenters. The van der Waals surface area contributed by atoms with Gasteiger partial charge in [-0.2, -0.15) is 0 Å². The molecule has 0 fully saturated rings. The van der Waals surface area contributed by atoms with Gasteiger partial charge in [-0.15, -0.1) is 0 Å². The maximum absolute atomic E-state index is 4.71. The van der Waals surface area contributed by atoms with Crippen molar-refractivity contribution in [2.45, 2.75) is 13.0 Å². The van der Waals surface area contributed by atoms with E-state index >= 15 is 0 Å². The van der Waals surface area contributed by atoms with E-state index in [1.54, 1.807) is 6.33 Å². The number of nitrogens with zero attached hydrogens (tertiary/aromatic N) is 5. The normalized spacial score (nSPS) is 13.7. The zero-order valence-corrected chi connectivity index (χ0v) is 12.1. The molecule has 0 unspecified atom stereocenters. The molecule has 0 aliphatic carbocycles. The summed E-state index contributed by atoms with van der Waals surface area (Å²) < 4.78 is 0. The van der Waals surface area contributed by atoms with E-state index in [4.69, 9.17) is 4.98 Å². The van der Waals surface area contributed by atoms with E-state index in [9.17, 15) is 0 Å². The van der Waals surface area contributed by atoms with Gasteiger partial charge in [0.2, 0.25) is 0 Å². The van der Waals surface area contributed by atoms with Crippen LogP contribution in [-0.4, -0.2) is 26.5 Å². The van der Waals surface area contributed by atoms with Crippen molar-refractivity contribution in [2.75, 3.05) is 11.4 Å². The van der Waals surface area contributed by atoms with Crippen LogP contribution >= 0.6 is 0 Å². The van der Waals surface area contributed by atoms with Gasteiger partial charge < -0.3 is 4.90 Å². The van der Waals surface area contributed by atoms with Crippen LogP contribution in [0, 0.1) is 0 Å². The predicted molar refractivity (Wildman–Crippen MR) is 84.3 cm³/mol. The lowest BCUT2D eigenvalue weighted by molar-refractivity contribution is 0.693. The molecule has 0 radical (unpaired) electrons. The fourth-order valence-electron chi connectivity index (χ4n) is 2.70. The van der Waals surface area contributed by atoms with Crippen LogP contribution in [0.25, 0.3) is 11.4 Å². The third-order valence-corrected chi connectivity index (χ3v) is 3.87. The highest BCUT2D eigenvalue weighted by molar-refractivity contribution is 5.57. The monoisotopic (exact) mass is 289 g/mol. The van der Waals surface area contributed by atoms with Crippen molar-refractivity contribution in [2.24, 2.45) is 0 Å². The molecule has 22 heavy (non-hydrogen) atoms. The van der Waals surface area contributed by atoms with Gasteiger partial charge in [-0.05, 0) is 18.1 Å². The summed E-state index contributed by atoms with van der Waals surface area (Å²) in [5.41, 5.74) is 3.35. The van der Waals surface area contributed by atoms with E-state index < -0.39 is 0 Å². The van der Waals surface area contributed by atoms with Crippen LogP contribution in [0.1, 0.15) is 11.3 Å². The molecule has 0 bridgehead atoms. The lowest BCUT2D eigenvalue weighted by Crippen LogP contribution is -2.31. The summed E-state index contributed by atoms with van der Waals surface area (Å²) in [5, 5.41) is 0. The second-order valence-corrected chi connectivity index (χ2v) is 5.27. The topological polar surface area (TPSA) is 54.8 Å². The number of anilines is 1. The number of hydrogen-bond donors (Lipinski definition) is 0. The Morgan fingerprint density at radius 2 is 1.91 bits per heavy atom. The fraction of sp³-hybridized carbons (Fsp3) is 0.176. The third-order valence-electron chi connectivity index (χ3n) is 3.87. The fourth-order valence-corrected chi connectivity index (χ4v) is 2.70. The average Bonchev–Trinajstić information content (AvgIpc) is 2.62. The van der Waals surface area contributed by atoms with E-state index in [1.807, 2.05) is 48.8 Å². The molecule has 0 amide bonds. The standard InChI is InChI=1S/C17H15N5/c1-2-4-13(5-3-1)17-19-8-6-16(21-17)22-9-7-14-10-18-12-20-15(14)11-22/h1-6,8,10,12H,7,9,11H2. The molecule has 1 aliphatic heterocycles. The van der Waals surface area contributed by atoms with Crippen molar-refractivity contribution in [3.8, 4) is 11.4 Å². The average molecular weight is 289 g/mol. The summed E-state index contributed by atoms with van der Waals surface area (Å²) in [4.78, 5) is 19.8. The van der Waals surface area contributed by atoms with Gasteiger partial charge >= 0.3 is 0 Å². The summed E-state index contributed by atoms with van der Waals surface area (Å²) >= 11 is 0. The van der Waals surface area contributed by atoms with Gasteiger partial charge in [0, 0.05) is 24.5 Å². The van der Waals surface area contributed by atoms with Gasteiger partial charge in [0.05, 0.1) is 12.2 Å². The summed E-state index contributed by atoms with van der Waals surface area (Å²) in [6, 6.07) is 12.0. The molecule has 3 heterocycles. The van der Waals surface area contributed by atoms with Gasteiger partial charge in [0.1, 0.15) is 12.1 Å². The third kappa shape index (κ3) is 2.41. The van der Waals surface area contributed by atoms with Crippen LogP contribution in [0.5, 0.6) is 0 Å². The number of benzene rings is 1. The van der Waals surface area contributed by atoms with E-state index in [0.717, 1.165) is 42.4 Å². The minimum Gasteiger partial charge on any atom is -0.350 e. The van der Waals surface area contributed by atoms with Crippen molar-refractivity contribution in [3.63, 3.8) is 0 Å².